The fourth-order valence-corrected chi connectivity index (χ4v) is 9.49. The smallest absolute Gasteiger partial charge is 0.160 e. The molecule has 3 aromatic heterocycles. The Kier molecular flexibility index (Phi) is 9.23. The Bertz CT molecular complexity index is 3570. The van der Waals surface area contributed by atoms with Crippen LogP contribution in [0.15, 0.2) is 229 Å². The molecule has 0 unspecified atom stereocenters. The average molecular weight is 820 g/mol. The first-order chi connectivity index (χ1) is 31.7. The highest BCUT2D eigenvalue weighted by atomic mass is 15.1. The summed E-state index contributed by atoms with van der Waals surface area (Å²) in [6.45, 7) is 0. The Morgan fingerprint density at radius 3 is 1.81 bits per heavy atom. The molecular weight excluding hydrogens is 779 g/mol. The third-order valence-corrected chi connectivity index (χ3v) is 12.6. The second-order valence-corrected chi connectivity index (χ2v) is 16.4. The second kappa shape index (κ2) is 15.8. The number of benzene rings is 7. The molecule has 0 saturated heterocycles. The van der Waals surface area contributed by atoms with Crippen molar-refractivity contribution >= 4 is 61.7 Å². The number of aromatic nitrogens is 3. The van der Waals surface area contributed by atoms with E-state index in [2.05, 4.69) is 185 Å². The third kappa shape index (κ3) is 6.62. The second-order valence-electron chi connectivity index (χ2n) is 16.4. The van der Waals surface area contributed by atoms with Crippen molar-refractivity contribution in [3.63, 3.8) is 0 Å². The summed E-state index contributed by atoms with van der Waals surface area (Å²) >= 11 is 0. The van der Waals surface area contributed by atoms with Crippen LogP contribution in [-0.2, 0) is 6.42 Å². The van der Waals surface area contributed by atoms with Crippen molar-refractivity contribution in [2.24, 2.45) is 9.98 Å². The predicted octanol–water partition coefficient (Wildman–Crippen LogP) is 14.3. The maximum atomic E-state index is 5.24. The Morgan fingerprint density at radius 1 is 0.422 bits per heavy atom. The van der Waals surface area contributed by atoms with E-state index in [1.165, 1.54) is 49.7 Å². The van der Waals surface area contributed by atoms with Gasteiger partial charge in [0.15, 0.2) is 5.84 Å². The predicted molar refractivity (Wildman–Crippen MR) is 267 cm³/mol. The summed E-state index contributed by atoms with van der Waals surface area (Å²) in [5.74, 6) is 1.59. The van der Waals surface area contributed by atoms with Crippen molar-refractivity contribution in [3.8, 4) is 28.1 Å². The normalized spacial score (nSPS) is 16.8. The van der Waals surface area contributed by atoms with Crippen LogP contribution in [-0.4, -0.2) is 25.7 Å². The fraction of sp³-hybridized carbons (Fsp3) is 0.0339. The van der Waals surface area contributed by atoms with E-state index < -0.39 is 0 Å². The number of hydrogen-bond donors (Lipinski definition) is 0. The molecule has 0 fully saturated rings. The van der Waals surface area contributed by atoms with Gasteiger partial charge in [0.25, 0.3) is 0 Å². The Morgan fingerprint density at radius 2 is 1.05 bits per heavy atom. The highest BCUT2D eigenvalue weighted by Gasteiger charge is 2.24. The molecule has 0 bridgehead atoms. The molecular formula is C59H41N5. The van der Waals surface area contributed by atoms with Crippen LogP contribution in [0.3, 0.4) is 0 Å². The molecule has 0 N–H and O–H groups in total. The van der Waals surface area contributed by atoms with Crippen LogP contribution in [0, 0.1) is 0 Å². The molecule has 1 aliphatic heterocycles. The quantitative estimate of drug-likeness (QED) is 0.158. The number of aryl methyl sites for hydroxylation is 1. The molecule has 5 heteroatoms. The van der Waals surface area contributed by atoms with Gasteiger partial charge >= 0.3 is 0 Å². The number of para-hydroxylation sites is 2. The average Bonchev–Trinajstić information content (AvgIpc) is 3.87. The van der Waals surface area contributed by atoms with Gasteiger partial charge in [0.1, 0.15) is 5.82 Å². The molecule has 12 rings (SSSR count). The number of amidine groups is 1. The molecule has 4 heterocycles. The number of nitrogens with zero attached hydrogens (tertiary/aromatic N) is 5. The van der Waals surface area contributed by atoms with Crippen molar-refractivity contribution in [1.82, 2.24) is 14.1 Å². The minimum Gasteiger partial charge on any atom is -0.313 e. The summed E-state index contributed by atoms with van der Waals surface area (Å²) in [4.78, 5) is 15.5. The van der Waals surface area contributed by atoms with Crippen molar-refractivity contribution in [1.29, 1.82) is 0 Å². The van der Waals surface area contributed by atoms with Gasteiger partial charge < -0.3 is 4.57 Å². The van der Waals surface area contributed by atoms with Crippen LogP contribution < -0.4 is 0 Å². The number of fused-ring (bicyclic) bond motifs is 6. The zero-order valence-electron chi connectivity index (χ0n) is 35.0. The van der Waals surface area contributed by atoms with Crippen LogP contribution in [0.4, 0.5) is 0 Å². The zero-order valence-corrected chi connectivity index (χ0v) is 35.0. The van der Waals surface area contributed by atoms with Crippen molar-refractivity contribution < 1.29 is 0 Å². The van der Waals surface area contributed by atoms with Crippen molar-refractivity contribution in [2.75, 3.05) is 0 Å². The third-order valence-electron chi connectivity index (χ3n) is 12.6. The Balaban J connectivity index is 0.963. The lowest BCUT2D eigenvalue weighted by atomic mass is 9.98. The number of allylic oxidation sites excluding steroid dienone is 4. The van der Waals surface area contributed by atoms with Gasteiger partial charge in [-0.05, 0) is 89.7 Å². The van der Waals surface area contributed by atoms with E-state index in [0.717, 1.165) is 69.0 Å². The topological polar surface area (TPSA) is 47.5 Å². The van der Waals surface area contributed by atoms with Gasteiger partial charge in [-0.1, -0.05) is 164 Å². The van der Waals surface area contributed by atoms with Gasteiger partial charge in [0, 0.05) is 50.3 Å². The van der Waals surface area contributed by atoms with Gasteiger partial charge in [0.05, 0.1) is 33.7 Å². The largest absolute Gasteiger partial charge is 0.313 e. The molecule has 302 valence electrons. The van der Waals surface area contributed by atoms with Crippen molar-refractivity contribution in [2.45, 2.75) is 12.8 Å². The lowest BCUT2D eigenvalue weighted by Gasteiger charge is -2.19. The molecule has 1 aliphatic carbocycles. The van der Waals surface area contributed by atoms with E-state index in [4.69, 9.17) is 15.0 Å². The summed E-state index contributed by atoms with van der Waals surface area (Å²) in [6, 6.07) is 68.5. The van der Waals surface area contributed by atoms with Gasteiger partial charge in [-0.15, -0.1) is 0 Å². The van der Waals surface area contributed by atoms with E-state index in [1.54, 1.807) is 0 Å². The standard InChI is InChI=1S/C59H41N5/c1-4-16-40(17-5-1)46-31-35-58(60-39-46)64-55-29-13-11-25-49(55)51-34-32-47(38-57(51)64)63-54-28-12-10-24-48(54)50-33-30-44(37-56(50)63)43-22-14-23-45(36-43)53-27-15-26-52(41-18-6-2-7-19-41)61-59(62-53)42-20-8-3-9-21-42/h1-31,33,35-39H,32,34H2/b26-15+,27-15?,52-26?,53-27+,61-52+,61-59?,62-53?,62-59-. The van der Waals surface area contributed by atoms with Gasteiger partial charge in [-0.3, -0.25) is 4.57 Å². The monoisotopic (exact) mass is 819 g/mol. The number of rotatable bonds is 7. The first-order valence-electron chi connectivity index (χ1n) is 21.9. The SMILES string of the molecule is C1=C(n2c3ccccc3c3ccc(-c4cccc(C5=C\C=C\C(c6ccccc6)=N/C(c6ccccc6)=N\5)c4)cc32)CCc2c1n(-c1ccc(-c3ccccc3)cn1)c1ccccc21. The van der Waals surface area contributed by atoms with Crippen molar-refractivity contribution in [3.05, 3.63) is 246 Å². The van der Waals surface area contributed by atoms with E-state index in [9.17, 15) is 0 Å². The molecule has 10 aromatic rings. The number of hydrogen-bond acceptors (Lipinski definition) is 3. The highest BCUT2D eigenvalue weighted by molar-refractivity contribution is 6.18. The minimum absolute atomic E-state index is 0.675. The summed E-state index contributed by atoms with van der Waals surface area (Å²) in [5, 5.41) is 3.76. The molecule has 0 radical (unpaired) electrons. The maximum Gasteiger partial charge on any atom is 0.160 e. The molecule has 5 nitrogen and oxygen atoms in total. The molecule has 0 atom stereocenters. The molecule has 7 aromatic carbocycles. The highest BCUT2D eigenvalue weighted by Crippen LogP contribution is 2.41. The van der Waals surface area contributed by atoms with Crippen LogP contribution in [0.5, 0.6) is 0 Å². The minimum atomic E-state index is 0.675. The summed E-state index contributed by atoms with van der Waals surface area (Å²) < 4.78 is 4.85. The summed E-state index contributed by atoms with van der Waals surface area (Å²) in [7, 11) is 0. The Labute approximate surface area is 371 Å². The van der Waals surface area contributed by atoms with Crippen LogP contribution >= 0.6 is 0 Å². The van der Waals surface area contributed by atoms with E-state index in [-0.39, 0.29) is 0 Å². The van der Waals surface area contributed by atoms with E-state index in [0.29, 0.717) is 5.84 Å². The fourth-order valence-electron chi connectivity index (χ4n) is 9.49. The Hall–Kier alpha value is -8.41. The molecule has 2 aliphatic rings. The van der Waals surface area contributed by atoms with E-state index in [1.807, 2.05) is 48.7 Å². The van der Waals surface area contributed by atoms with Crippen LogP contribution in [0.25, 0.3) is 78.3 Å². The first kappa shape index (κ1) is 37.4. The molecule has 0 saturated carbocycles. The molecule has 64 heavy (non-hydrogen) atoms. The number of pyridine rings is 1. The summed E-state index contributed by atoms with van der Waals surface area (Å²) in [5.41, 5.74) is 16.7. The lowest BCUT2D eigenvalue weighted by molar-refractivity contribution is 0.927. The number of aliphatic imine (C=N–C) groups is 2. The molecule has 0 amide bonds. The summed E-state index contributed by atoms with van der Waals surface area (Å²) in [6.07, 6.45) is 12.5. The van der Waals surface area contributed by atoms with Gasteiger partial charge in [0.2, 0.25) is 0 Å². The zero-order chi connectivity index (χ0) is 42.4. The maximum absolute atomic E-state index is 5.24. The van der Waals surface area contributed by atoms with Crippen LogP contribution in [0.1, 0.15) is 34.4 Å². The van der Waals surface area contributed by atoms with Gasteiger partial charge in [-0.25, -0.2) is 15.0 Å². The first-order valence-corrected chi connectivity index (χ1v) is 21.9. The molecule has 0 spiro atoms. The lowest BCUT2D eigenvalue weighted by Crippen LogP contribution is -2.07. The van der Waals surface area contributed by atoms with Crippen LogP contribution in [0.2, 0.25) is 0 Å². The van der Waals surface area contributed by atoms with E-state index >= 15 is 0 Å². The van der Waals surface area contributed by atoms with Gasteiger partial charge in [-0.2, -0.15) is 0 Å².